The Morgan fingerprint density at radius 1 is 1.21 bits per heavy atom. The van der Waals surface area contributed by atoms with Crippen molar-refractivity contribution in [1.82, 2.24) is 20.1 Å². The molecule has 0 saturated carbocycles. The molecule has 0 radical (unpaired) electrons. The van der Waals surface area contributed by atoms with Crippen LogP contribution in [0.15, 0.2) is 24.3 Å². The van der Waals surface area contributed by atoms with E-state index >= 15 is 0 Å². The molecular weight excluding hydrogens is 428 g/mol. The molecular formula is C27H38N4O3. The molecule has 3 heterocycles. The minimum Gasteiger partial charge on any atom is -0.356 e. The summed E-state index contributed by atoms with van der Waals surface area (Å²) in [5.74, 6) is -1.06. The molecule has 7 heteroatoms. The summed E-state index contributed by atoms with van der Waals surface area (Å²) in [6, 6.07) is 8.18. The molecule has 0 aliphatic carbocycles. The summed E-state index contributed by atoms with van der Waals surface area (Å²) in [5, 5.41) is 4.14. The van der Waals surface area contributed by atoms with Crippen molar-refractivity contribution in [1.29, 1.82) is 0 Å². The Morgan fingerprint density at radius 2 is 1.88 bits per heavy atom. The fourth-order valence-electron chi connectivity index (χ4n) is 5.98. The number of amides is 3. The smallest absolute Gasteiger partial charge is 0.228 e. The first kappa shape index (κ1) is 24.3. The molecule has 1 fully saturated rings. The number of hydrogen-bond donors (Lipinski definition) is 2. The van der Waals surface area contributed by atoms with Gasteiger partial charge in [-0.3, -0.25) is 14.4 Å². The quantitative estimate of drug-likeness (QED) is 0.706. The van der Waals surface area contributed by atoms with Crippen LogP contribution in [0.1, 0.15) is 65.6 Å². The van der Waals surface area contributed by atoms with Gasteiger partial charge in [-0.2, -0.15) is 0 Å². The van der Waals surface area contributed by atoms with Crippen molar-refractivity contribution >= 4 is 28.6 Å². The highest BCUT2D eigenvalue weighted by Crippen LogP contribution is 2.50. The van der Waals surface area contributed by atoms with Gasteiger partial charge in [-0.1, -0.05) is 18.2 Å². The molecule has 2 aromatic rings. The average molecular weight is 467 g/mol. The van der Waals surface area contributed by atoms with E-state index in [9.17, 15) is 14.4 Å². The number of piperidine rings is 1. The van der Waals surface area contributed by atoms with E-state index in [1.807, 2.05) is 69.5 Å². The zero-order valence-electron chi connectivity index (χ0n) is 21.3. The molecule has 4 rings (SSSR count). The van der Waals surface area contributed by atoms with Crippen molar-refractivity contribution in [3.05, 3.63) is 35.5 Å². The molecule has 2 aliphatic heterocycles. The predicted molar refractivity (Wildman–Crippen MR) is 133 cm³/mol. The van der Waals surface area contributed by atoms with Gasteiger partial charge in [0.1, 0.15) is 0 Å². The molecule has 3 amide bonds. The monoisotopic (exact) mass is 466 g/mol. The van der Waals surface area contributed by atoms with Crippen molar-refractivity contribution in [2.45, 2.75) is 71.9 Å². The van der Waals surface area contributed by atoms with E-state index in [-0.39, 0.29) is 29.7 Å². The Balaban J connectivity index is 1.78. The average Bonchev–Trinajstić information content (AvgIpc) is 3.15. The van der Waals surface area contributed by atoms with E-state index in [1.54, 1.807) is 0 Å². The van der Waals surface area contributed by atoms with Gasteiger partial charge in [0.05, 0.1) is 11.5 Å². The summed E-state index contributed by atoms with van der Waals surface area (Å²) in [4.78, 5) is 47.7. The van der Waals surface area contributed by atoms with Crippen molar-refractivity contribution in [2.24, 2.45) is 11.8 Å². The third-order valence-corrected chi connectivity index (χ3v) is 7.60. The maximum Gasteiger partial charge on any atom is 0.228 e. The highest BCUT2D eigenvalue weighted by atomic mass is 16.2. The molecule has 34 heavy (non-hydrogen) atoms. The number of para-hydroxylation sites is 1. The molecule has 2 aliphatic rings. The lowest BCUT2D eigenvalue weighted by atomic mass is 9.67. The molecule has 0 bridgehead atoms. The standard InChI is InChI=1S/C27H38N4O3/c1-7-30(8-2)25(34)20-15-17(16-22(32)29-26(3,4)5)24(33)31-14-13-19-18-11-9-10-12-21(18)28-23(19)27(20,31)6/h9-12,17,20,28H,7-8,13-16H2,1-6H3,(H,29,32)/t17?,20-,27+/m1/s1. The lowest BCUT2D eigenvalue weighted by molar-refractivity contribution is -0.164. The maximum absolute atomic E-state index is 13.9. The van der Waals surface area contributed by atoms with Gasteiger partial charge in [0.25, 0.3) is 0 Å². The summed E-state index contributed by atoms with van der Waals surface area (Å²) in [6.45, 7) is 13.6. The number of benzene rings is 1. The zero-order chi connectivity index (χ0) is 24.8. The van der Waals surface area contributed by atoms with E-state index in [4.69, 9.17) is 0 Å². The first-order valence-corrected chi connectivity index (χ1v) is 12.5. The molecule has 184 valence electrons. The molecule has 7 nitrogen and oxygen atoms in total. The van der Waals surface area contributed by atoms with Crippen LogP contribution in [0, 0.1) is 11.8 Å². The molecule has 1 saturated heterocycles. The topological polar surface area (TPSA) is 85.5 Å². The Bertz CT molecular complexity index is 1110. The van der Waals surface area contributed by atoms with Gasteiger partial charge in [-0.25, -0.2) is 0 Å². The lowest BCUT2D eigenvalue weighted by Crippen LogP contribution is -2.64. The third-order valence-electron chi connectivity index (χ3n) is 7.60. The second kappa shape index (κ2) is 8.75. The van der Waals surface area contributed by atoms with Crippen LogP contribution in [-0.4, -0.2) is 57.7 Å². The zero-order valence-corrected chi connectivity index (χ0v) is 21.3. The van der Waals surface area contributed by atoms with Gasteiger partial charge in [-0.15, -0.1) is 0 Å². The lowest BCUT2D eigenvalue weighted by Gasteiger charge is -2.54. The van der Waals surface area contributed by atoms with Gasteiger partial charge in [0.15, 0.2) is 0 Å². The van der Waals surface area contributed by atoms with E-state index in [2.05, 4.69) is 16.4 Å². The highest BCUT2D eigenvalue weighted by Gasteiger charge is 2.57. The Kier molecular flexibility index (Phi) is 6.25. The Labute approximate surface area is 202 Å². The number of hydrogen-bond acceptors (Lipinski definition) is 3. The van der Waals surface area contributed by atoms with Crippen LogP contribution >= 0.6 is 0 Å². The normalized spacial score (nSPS) is 24.5. The number of nitrogens with one attached hydrogen (secondary N) is 2. The van der Waals surface area contributed by atoms with Crippen LogP contribution in [0.4, 0.5) is 0 Å². The van der Waals surface area contributed by atoms with Crippen LogP contribution < -0.4 is 5.32 Å². The van der Waals surface area contributed by atoms with Crippen LogP contribution in [0.5, 0.6) is 0 Å². The van der Waals surface area contributed by atoms with Crippen molar-refractivity contribution in [2.75, 3.05) is 19.6 Å². The minimum atomic E-state index is -0.777. The van der Waals surface area contributed by atoms with Crippen LogP contribution in [0.3, 0.4) is 0 Å². The highest BCUT2D eigenvalue weighted by molar-refractivity contribution is 5.93. The fourth-order valence-corrected chi connectivity index (χ4v) is 5.98. The molecule has 3 atom stereocenters. The number of aromatic amines is 1. The predicted octanol–water partition coefficient (Wildman–Crippen LogP) is 3.58. The van der Waals surface area contributed by atoms with Gasteiger partial charge >= 0.3 is 0 Å². The maximum atomic E-state index is 13.9. The SMILES string of the molecule is CCN(CC)C(=O)[C@H]1CC(CC(=O)NC(C)(C)C)C(=O)N2CCc3c([nH]c4ccccc34)[C@]12C. The van der Waals surface area contributed by atoms with Crippen molar-refractivity contribution in [3.63, 3.8) is 0 Å². The van der Waals surface area contributed by atoms with Crippen LogP contribution in [0.25, 0.3) is 10.9 Å². The molecule has 0 spiro atoms. The largest absolute Gasteiger partial charge is 0.356 e. The summed E-state index contributed by atoms with van der Waals surface area (Å²) >= 11 is 0. The van der Waals surface area contributed by atoms with Crippen molar-refractivity contribution < 1.29 is 14.4 Å². The summed E-state index contributed by atoms with van der Waals surface area (Å²) in [6.07, 6.45) is 1.20. The van der Waals surface area contributed by atoms with Gasteiger partial charge in [-0.05, 0) is 66.0 Å². The van der Waals surface area contributed by atoms with E-state index in [0.717, 1.165) is 23.0 Å². The Hall–Kier alpha value is -2.83. The number of rotatable bonds is 5. The third kappa shape index (κ3) is 3.99. The molecule has 1 unspecified atom stereocenters. The minimum absolute atomic E-state index is 0.0283. The van der Waals surface area contributed by atoms with Crippen LogP contribution in [0.2, 0.25) is 0 Å². The summed E-state index contributed by atoms with van der Waals surface area (Å²) in [7, 11) is 0. The molecule has 2 N–H and O–H groups in total. The van der Waals surface area contributed by atoms with E-state index in [1.165, 1.54) is 5.56 Å². The first-order chi connectivity index (χ1) is 16.0. The fraction of sp³-hybridized carbons (Fsp3) is 0.593. The molecule has 1 aromatic heterocycles. The summed E-state index contributed by atoms with van der Waals surface area (Å²) < 4.78 is 0. The Morgan fingerprint density at radius 3 is 2.53 bits per heavy atom. The van der Waals surface area contributed by atoms with Crippen LogP contribution in [-0.2, 0) is 26.3 Å². The number of fused-ring (bicyclic) bond motifs is 5. The first-order valence-electron chi connectivity index (χ1n) is 12.5. The van der Waals surface area contributed by atoms with Crippen molar-refractivity contribution in [3.8, 4) is 0 Å². The van der Waals surface area contributed by atoms with Gasteiger partial charge < -0.3 is 20.1 Å². The number of carbonyl (C=O) groups excluding carboxylic acids is 3. The van der Waals surface area contributed by atoms with Gasteiger partial charge in [0.2, 0.25) is 17.7 Å². The van der Waals surface area contributed by atoms with Gasteiger partial charge in [0, 0.05) is 54.1 Å². The number of nitrogens with zero attached hydrogens (tertiary/aromatic N) is 2. The number of H-pyrrole nitrogens is 1. The number of aromatic nitrogens is 1. The van der Waals surface area contributed by atoms with E-state index in [0.29, 0.717) is 26.1 Å². The summed E-state index contributed by atoms with van der Waals surface area (Å²) in [5.41, 5.74) is 2.05. The number of carbonyl (C=O) groups is 3. The second-order valence-electron chi connectivity index (χ2n) is 10.9. The van der Waals surface area contributed by atoms with E-state index < -0.39 is 17.4 Å². The molecule has 1 aromatic carbocycles. The second-order valence-corrected chi connectivity index (χ2v) is 10.9.